The Labute approximate surface area is 118 Å². The predicted octanol–water partition coefficient (Wildman–Crippen LogP) is 1.56. The minimum atomic E-state index is -3.20. The minimum absolute atomic E-state index is 0.256. The second-order valence-corrected chi connectivity index (χ2v) is 6.36. The number of nitrogens with two attached hydrogens (primary N) is 1. The summed E-state index contributed by atoms with van der Waals surface area (Å²) in [6, 6.07) is 11.8. The number of sulfone groups is 1. The monoisotopic (exact) mass is 292 g/mol. The quantitative estimate of drug-likeness (QED) is 0.904. The largest absolute Gasteiger partial charge is 0.483 e. The van der Waals surface area contributed by atoms with E-state index >= 15 is 0 Å². The highest BCUT2D eigenvalue weighted by Crippen LogP contribution is 2.21. The molecule has 0 spiro atoms. The zero-order valence-electron chi connectivity index (χ0n) is 11.1. The first-order valence-corrected chi connectivity index (χ1v) is 7.97. The van der Waals surface area contributed by atoms with Crippen molar-refractivity contribution in [1.82, 2.24) is 4.98 Å². The average Bonchev–Trinajstić information content (AvgIpc) is 2.45. The number of nitrogens with zero attached hydrogens (tertiary/aromatic N) is 1. The number of ether oxygens (including phenoxy) is 1. The highest BCUT2D eigenvalue weighted by atomic mass is 32.2. The van der Waals surface area contributed by atoms with Gasteiger partial charge in [-0.3, -0.25) is 4.98 Å². The van der Waals surface area contributed by atoms with Crippen LogP contribution in [0, 0.1) is 0 Å². The van der Waals surface area contributed by atoms with Crippen LogP contribution in [0.25, 0.3) is 0 Å². The number of pyridine rings is 1. The van der Waals surface area contributed by atoms with Gasteiger partial charge in [-0.25, -0.2) is 8.42 Å². The van der Waals surface area contributed by atoms with E-state index < -0.39 is 9.84 Å². The topological polar surface area (TPSA) is 82.3 Å². The molecule has 0 aliphatic heterocycles. The van der Waals surface area contributed by atoms with Gasteiger partial charge in [-0.1, -0.05) is 6.07 Å². The van der Waals surface area contributed by atoms with Crippen molar-refractivity contribution in [3.63, 3.8) is 0 Å². The number of hydrogen-bond acceptors (Lipinski definition) is 5. The number of rotatable bonds is 5. The molecule has 2 aromatic rings. The first kappa shape index (κ1) is 14.5. The Morgan fingerprint density at radius 3 is 2.40 bits per heavy atom. The van der Waals surface area contributed by atoms with E-state index in [1.165, 1.54) is 18.4 Å². The third-order valence-corrected chi connectivity index (χ3v) is 3.89. The minimum Gasteiger partial charge on any atom is -0.483 e. The zero-order valence-corrected chi connectivity index (χ0v) is 11.9. The van der Waals surface area contributed by atoms with Crippen LogP contribution in [0.3, 0.4) is 0 Å². The first-order valence-electron chi connectivity index (χ1n) is 6.08. The van der Waals surface area contributed by atoms with E-state index in [0.717, 1.165) is 5.69 Å². The average molecular weight is 292 g/mol. The Morgan fingerprint density at radius 2 is 1.90 bits per heavy atom. The Bertz CT molecular complexity index is 655. The molecule has 20 heavy (non-hydrogen) atoms. The summed E-state index contributed by atoms with van der Waals surface area (Å²) in [4.78, 5) is 4.46. The molecular weight excluding hydrogens is 276 g/mol. The Hall–Kier alpha value is -1.92. The highest BCUT2D eigenvalue weighted by Gasteiger charge is 2.13. The molecule has 1 heterocycles. The summed E-state index contributed by atoms with van der Waals surface area (Å²) in [6.45, 7) is 0.283. The molecule has 5 nitrogen and oxygen atoms in total. The van der Waals surface area contributed by atoms with E-state index in [9.17, 15) is 8.42 Å². The van der Waals surface area contributed by atoms with Crippen LogP contribution in [-0.4, -0.2) is 26.2 Å². The van der Waals surface area contributed by atoms with Crippen LogP contribution >= 0.6 is 0 Å². The summed E-state index contributed by atoms with van der Waals surface area (Å²) in [5.41, 5.74) is 6.43. The summed E-state index contributed by atoms with van der Waals surface area (Å²) in [7, 11) is -3.20. The molecule has 0 saturated heterocycles. The van der Waals surface area contributed by atoms with E-state index in [4.69, 9.17) is 10.5 Å². The van der Waals surface area contributed by atoms with E-state index in [1.54, 1.807) is 18.3 Å². The van der Waals surface area contributed by atoms with Gasteiger partial charge in [0.2, 0.25) is 0 Å². The third-order valence-electron chi connectivity index (χ3n) is 2.76. The van der Waals surface area contributed by atoms with E-state index in [-0.39, 0.29) is 17.5 Å². The van der Waals surface area contributed by atoms with Gasteiger partial charge in [-0.05, 0) is 36.4 Å². The molecule has 0 amide bonds. The lowest BCUT2D eigenvalue weighted by Gasteiger charge is -2.16. The Kier molecular flexibility index (Phi) is 4.36. The van der Waals surface area contributed by atoms with E-state index in [2.05, 4.69) is 4.98 Å². The van der Waals surface area contributed by atoms with Gasteiger partial charge in [-0.15, -0.1) is 0 Å². The molecule has 0 bridgehead atoms. The van der Waals surface area contributed by atoms with Crippen LogP contribution in [0.1, 0.15) is 11.8 Å². The van der Waals surface area contributed by atoms with Crippen LogP contribution in [0.5, 0.6) is 5.75 Å². The molecular formula is C14H16N2O3S. The molecule has 0 fully saturated rings. The summed E-state index contributed by atoms with van der Waals surface area (Å²) >= 11 is 0. The molecule has 1 atom stereocenters. The molecule has 0 aliphatic carbocycles. The summed E-state index contributed by atoms with van der Waals surface area (Å²) in [5, 5.41) is 0. The fourth-order valence-corrected chi connectivity index (χ4v) is 2.36. The van der Waals surface area contributed by atoms with Crippen molar-refractivity contribution in [3.05, 3.63) is 54.4 Å². The molecule has 106 valence electrons. The zero-order chi connectivity index (χ0) is 14.6. The summed E-state index contributed by atoms with van der Waals surface area (Å²) < 4.78 is 28.5. The van der Waals surface area contributed by atoms with Crippen molar-refractivity contribution in [2.24, 2.45) is 5.73 Å². The highest BCUT2D eigenvalue weighted by molar-refractivity contribution is 7.90. The van der Waals surface area contributed by atoms with E-state index in [1.807, 2.05) is 18.2 Å². The van der Waals surface area contributed by atoms with Crippen LogP contribution in [-0.2, 0) is 9.84 Å². The number of benzene rings is 1. The van der Waals surface area contributed by atoms with Crippen molar-refractivity contribution in [2.75, 3.05) is 12.8 Å². The third kappa shape index (κ3) is 3.55. The smallest absolute Gasteiger partial charge is 0.175 e. The molecule has 0 saturated carbocycles. The van der Waals surface area contributed by atoms with Gasteiger partial charge in [0.1, 0.15) is 5.75 Å². The van der Waals surface area contributed by atoms with Gasteiger partial charge in [0.25, 0.3) is 0 Å². The summed E-state index contributed by atoms with van der Waals surface area (Å²) in [6.07, 6.45) is 2.48. The maximum absolute atomic E-state index is 11.4. The number of aromatic nitrogens is 1. The summed E-state index contributed by atoms with van der Waals surface area (Å²) in [5.74, 6) is 0.554. The van der Waals surface area contributed by atoms with Gasteiger partial charge in [0.15, 0.2) is 15.9 Å². The molecule has 2 N–H and O–H groups in total. The molecule has 6 heteroatoms. The van der Waals surface area contributed by atoms with E-state index in [0.29, 0.717) is 5.75 Å². The van der Waals surface area contributed by atoms with Crippen molar-refractivity contribution in [1.29, 1.82) is 0 Å². The fraction of sp³-hybridized carbons (Fsp3) is 0.214. The van der Waals surface area contributed by atoms with Gasteiger partial charge < -0.3 is 10.5 Å². The van der Waals surface area contributed by atoms with Crippen molar-refractivity contribution >= 4 is 9.84 Å². The van der Waals surface area contributed by atoms with Gasteiger partial charge in [0, 0.05) is 19.0 Å². The molecule has 1 aromatic carbocycles. The van der Waals surface area contributed by atoms with Crippen molar-refractivity contribution in [2.45, 2.75) is 11.0 Å². The second-order valence-electron chi connectivity index (χ2n) is 4.34. The van der Waals surface area contributed by atoms with Crippen molar-refractivity contribution in [3.8, 4) is 5.75 Å². The lowest BCUT2D eigenvalue weighted by molar-refractivity contribution is 0.209. The maximum Gasteiger partial charge on any atom is 0.175 e. The van der Waals surface area contributed by atoms with Crippen molar-refractivity contribution < 1.29 is 13.2 Å². The Morgan fingerprint density at radius 1 is 1.20 bits per heavy atom. The molecule has 0 radical (unpaired) electrons. The normalized spacial score (nSPS) is 12.9. The lowest BCUT2D eigenvalue weighted by atomic mass is 10.2. The lowest BCUT2D eigenvalue weighted by Crippen LogP contribution is -2.19. The fourth-order valence-electron chi connectivity index (χ4n) is 1.73. The number of hydrogen-bond donors (Lipinski definition) is 1. The molecule has 2 rings (SSSR count). The molecule has 1 unspecified atom stereocenters. The predicted molar refractivity (Wildman–Crippen MR) is 76.2 cm³/mol. The van der Waals surface area contributed by atoms with Crippen LogP contribution < -0.4 is 10.5 Å². The maximum atomic E-state index is 11.4. The SMILES string of the molecule is CS(=O)(=O)c1ccc(OC(CN)c2ccccn2)cc1. The van der Waals surface area contributed by atoms with Gasteiger partial charge in [-0.2, -0.15) is 0 Å². The van der Waals surface area contributed by atoms with Crippen LogP contribution in [0.15, 0.2) is 53.6 Å². The van der Waals surface area contributed by atoms with Gasteiger partial charge >= 0.3 is 0 Å². The van der Waals surface area contributed by atoms with Gasteiger partial charge in [0.05, 0.1) is 10.6 Å². The molecule has 0 aliphatic rings. The van der Waals surface area contributed by atoms with Crippen LogP contribution in [0.2, 0.25) is 0 Å². The first-order chi connectivity index (χ1) is 9.50. The standard InChI is InChI=1S/C14H16N2O3S/c1-20(17,18)12-7-5-11(6-8-12)19-14(10-15)13-4-2-3-9-16-13/h2-9,14H,10,15H2,1H3. The second kappa shape index (κ2) is 6.02. The Balaban J connectivity index is 2.17. The van der Waals surface area contributed by atoms with Crippen LogP contribution in [0.4, 0.5) is 0 Å². The molecule has 1 aromatic heterocycles.